The van der Waals surface area contributed by atoms with E-state index in [1.54, 1.807) is 34.2 Å². The monoisotopic (exact) mass is 391 g/mol. The van der Waals surface area contributed by atoms with Crippen molar-refractivity contribution >= 4 is 39.2 Å². The SMILES string of the molecule is CN(Cc1nc2ccccc2s1)C(=O)c1ccc(Sc2ccccn2)cc1. The third kappa shape index (κ3) is 4.18. The number of para-hydroxylation sites is 1. The Morgan fingerprint density at radius 1 is 1.04 bits per heavy atom. The van der Waals surface area contributed by atoms with Crippen LogP contribution in [0.15, 0.2) is 82.8 Å². The fraction of sp³-hybridized carbons (Fsp3) is 0.0952. The van der Waals surface area contributed by atoms with Crippen molar-refractivity contribution < 1.29 is 4.79 Å². The van der Waals surface area contributed by atoms with Crippen LogP contribution in [-0.4, -0.2) is 27.8 Å². The summed E-state index contributed by atoms with van der Waals surface area (Å²) in [7, 11) is 1.81. The summed E-state index contributed by atoms with van der Waals surface area (Å²) in [6, 6.07) is 21.5. The highest BCUT2D eigenvalue weighted by Crippen LogP contribution is 2.26. The molecular weight excluding hydrogens is 374 g/mol. The van der Waals surface area contributed by atoms with Crippen LogP contribution in [0.1, 0.15) is 15.4 Å². The second kappa shape index (κ2) is 7.90. The van der Waals surface area contributed by atoms with Gasteiger partial charge in [0.15, 0.2) is 0 Å². The number of hydrogen-bond acceptors (Lipinski definition) is 5. The van der Waals surface area contributed by atoms with E-state index in [0.29, 0.717) is 12.1 Å². The Hall–Kier alpha value is -2.70. The molecule has 2 heterocycles. The Balaban J connectivity index is 1.43. The molecule has 4 rings (SSSR count). The average molecular weight is 392 g/mol. The molecule has 0 radical (unpaired) electrons. The van der Waals surface area contributed by atoms with Crippen molar-refractivity contribution in [2.75, 3.05) is 7.05 Å². The Morgan fingerprint density at radius 3 is 2.56 bits per heavy atom. The van der Waals surface area contributed by atoms with E-state index in [1.165, 1.54) is 0 Å². The van der Waals surface area contributed by atoms with Crippen molar-refractivity contribution in [3.05, 3.63) is 83.5 Å². The Bertz CT molecular complexity index is 1030. The number of benzene rings is 2. The molecule has 0 unspecified atom stereocenters. The number of thiazole rings is 1. The lowest BCUT2D eigenvalue weighted by atomic mass is 10.2. The Morgan fingerprint density at radius 2 is 1.81 bits per heavy atom. The van der Waals surface area contributed by atoms with Crippen LogP contribution in [0.4, 0.5) is 0 Å². The maximum atomic E-state index is 12.7. The van der Waals surface area contributed by atoms with Crippen molar-refractivity contribution in [3.63, 3.8) is 0 Å². The third-order valence-corrected chi connectivity index (χ3v) is 6.00. The van der Waals surface area contributed by atoms with E-state index < -0.39 is 0 Å². The summed E-state index contributed by atoms with van der Waals surface area (Å²) in [4.78, 5) is 24.4. The first-order chi connectivity index (χ1) is 13.2. The first-order valence-electron chi connectivity index (χ1n) is 8.48. The highest BCUT2D eigenvalue weighted by atomic mass is 32.2. The molecule has 0 atom stereocenters. The van der Waals surface area contributed by atoms with Crippen LogP contribution in [-0.2, 0) is 6.54 Å². The highest BCUT2D eigenvalue weighted by Gasteiger charge is 2.14. The van der Waals surface area contributed by atoms with E-state index in [-0.39, 0.29) is 5.91 Å². The number of pyridine rings is 1. The van der Waals surface area contributed by atoms with Crippen molar-refractivity contribution in [3.8, 4) is 0 Å². The van der Waals surface area contributed by atoms with Gasteiger partial charge in [0.2, 0.25) is 0 Å². The summed E-state index contributed by atoms with van der Waals surface area (Å²) in [5.74, 6) is -0.0105. The fourth-order valence-corrected chi connectivity index (χ4v) is 4.47. The zero-order valence-corrected chi connectivity index (χ0v) is 16.3. The van der Waals surface area contributed by atoms with Crippen molar-refractivity contribution in [2.24, 2.45) is 0 Å². The second-order valence-corrected chi connectivity index (χ2v) is 8.24. The van der Waals surface area contributed by atoms with Gasteiger partial charge in [-0.15, -0.1) is 11.3 Å². The van der Waals surface area contributed by atoms with Gasteiger partial charge in [-0.05, 0) is 48.5 Å². The molecule has 0 bridgehead atoms. The normalized spacial score (nSPS) is 10.9. The minimum absolute atomic E-state index is 0.0105. The number of rotatable bonds is 5. The summed E-state index contributed by atoms with van der Waals surface area (Å²) in [6.45, 7) is 0.503. The number of nitrogens with zero attached hydrogens (tertiary/aromatic N) is 3. The van der Waals surface area contributed by atoms with Crippen LogP contribution < -0.4 is 0 Å². The van der Waals surface area contributed by atoms with E-state index in [4.69, 9.17) is 0 Å². The molecule has 0 spiro atoms. The van der Waals surface area contributed by atoms with Crippen LogP contribution in [0.5, 0.6) is 0 Å². The molecule has 4 aromatic rings. The summed E-state index contributed by atoms with van der Waals surface area (Å²) in [6.07, 6.45) is 1.78. The molecule has 134 valence electrons. The minimum atomic E-state index is -0.0105. The predicted molar refractivity (Wildman–Crippen MR) is 110 cm³/mol. The number of aromatic nitrogens is 2. The maximum Gasteiger partial charge on any atom is 0.253 e. The minimum Gasteiger partial charge on any atom is -0.335 e. The van der Waals surface area contributed by atoms with Crippen molar-refractivity contribution in [1.82, 2.24) is 14.9 Å². The van der Waals surface area contributed by atoms with Crippen LogP contribution in [0.3, 0.4) is 0 Å². The number of fused-ring (bicyclic) bond motifs is 1. The summed E-state index contributed by atoms with van der Waals surface area (Å²) >= 11 is 3.20. The Kier molecular flexibility index (Phi) is 5.18. The first-order valence-corrected chi connectivity index (χ1v) is 10.1. The molecule has 1 amide bonds. The van der Waals surface area contributed by atoms with Gasteiger partial charge in [0, 0.05) is 23.7 Å². The highest BCUT2D eigenvalue weighted by molar-refractivity contribution is 7.99. The molecule has 0 saturated carbocycles. The lowest BCUT2D eigenvalue weighted by Gasteiger charge is -2.15. The summed E-state index contributed by atoms with van der Waals surface area (Å²) < 4.78 is 1.14. The van der Waals surface area contributed by atoms with Crippen molar-refractivity contribution in [1.29, 1.82) is 0 Å². The molecule has 4 nitrogen and oxygen atoms in total. The Labute approximate surface area is 165 Å². The maximum absolute atomic E-state index is 12.7. The zero-order chi connectivity index (χ0) is 18.6. The number of hydrogen-bond donors (Lipinski definition) is 0. The van der Waals surface area contributed by atoms with Gasteiger partial charge in [0.25, 0.3) is 5.91 Å². The molecule has 2 aromatic heterocycles. The lowest BCUT2D eigenvalue weighted by molar-refractivity contribution is 0.0785. The van der Waals surface area contributed by atoms with E-state index in [1.807, 2.05) is 67.7 Å². The first kappa shape index (κ1) is 17.7. The standard InChI is InChI=1S/C21H17N3OS2/c1-24(14-20-23-17-6-2-3-7-18(17)27-20)21(25)15-9-11-16(12-10-15)26-19-8-4-5-13-22-19/h2-13H,14H2,1H3. The quantitative estimate of drug-likeness (QED) is 0.474. The van der Waals surface area contributed by atoms with Gasteiger partial charge >= 0.3 is 0 Å². The number of amides is 1. The zero-order valence-electron chi connectivity index (χ0n) is 14.7. The second-order valence-electron chi connectivity index (χ2n) is 6.03. The molecule has 0 fully saturated rings. The van der Waals surface area contributed by atoms with E-state index in [9.17, 15) is 4.79 Å². The molecule has 2 aromatic carbocycles. The van der Waals surface area contributed by atoms with Gasteiger partial charge in [-0.25, -0.2) is 9.97 Å². The van der Waals surface area contributed by atoms with Crippen LogP contribution in [0, 0.1) is 0 Å². The van der Waals surface area contributed by atoms with E-state index in [0.717, 1.165) is 25.1 Å². The molecule has 6 heteroatoms. The molecule has 0 aliphatic heterocycles. The van der Waals surface area contributed by atoms with E-state index in [2.05, 4.69) is 16.0 Å². The van der Waals surface area contributed by atoms with Gasteiger partial charge < -0.3 is 4.90 Å². The molecule has 0 saturated heterocycles. The molecular formula is C21H17N3OS2. The van der Waals surface area contributed by atoms with Gasteiger partial charge in [-0.2, -0.15) is 0 Å². The summed E-state index contributed by atoms with van der Waals surface area (Å²) in [5, 5.41) is 1.87. The van der Waals surface area contributed by atoms with E-state index >= 15 is 0 Å². The molecule has 27 heavy (non-hydrogen) atoms. The fourth-order valence-electron chi connectivity index (χ4n) is 2.68. The van der Waals surface area contributed by atoms with Gasteiger partial charge in [0.1, 0.15) is 10.0 Å². The number of carbonyl (C=O) groups excluding carboxylic acids is 1. The molecule has 0 N–H and O–H groups in total. The third-order valence-electron chi connectivity index (χ3n) is 4.02. The summed E-state index contributed by atoms with van der Waals surface area (Å²) in [5.41, 5.74) is 1.65. The van der Waals surface area contributed by atoms with Crippen molar-refractivity contribution in [2.45, 2.75) is 16.5 Å². The van der Waals surface area contributed by atoms with Crippen LogP contribution in [0.2, 0.25) is 0 Å². The van der Waals surface area contributed by atoms with Gasteiger partial charge in [0.05, 0.1) is 16.8 Å². The smallest absolute Gasteiger partial charge is 0.253 e. The topological polar surface area (TPSA) is 46.1 Å². The number of carbonyl (C=O) groups is 1. The van der Waals surface area contributed by atoms with Gasteiger partial charge in [-0.3, -0.25) is 4.79 Å². The largest absolute Gasteiger partial charge is 0.335 e. The predicted octanol–water partition coefficient (Wildman–Crippen LogP) is 5.11. The molecule has 0 aliphatic carbocycles. The molecule has 0 aliphatic rings. The van der Waals surface area contributed by atoms with Gasteiger partial charge in [-0.1, -0.05) is 30.0 Å². The average Bonchev–Trinajstić information content (AvgIpc) is 3.11. The lowest BCUT2D eigenvalue weighted by Crippen LogP contribution is -2.26. The van der Waals surface area contributed by atoms with Crippen LogP contribution >= 0.6 is 23.1 Å². The van der Waals surface area contributed by atoms with Crippen LogP contribution in [0.25, 0.3) is 10.2 Å².